The van der Waals surface area contributed by atoms with Crippen LogP contribution in [0.4, 0.5) is 0 Å². The molecule has 1 aromatic rings. The summed E-state index contributed by atoms with van der Waals surface area (Å²) in [6.07, 6.45) is 1.57. The maximum absolute atomic E-state index is 12.3. The summed E-state index contributed by atoms with van der Waals surface area (Å²) in [5.74, 6) is 0. The quantitative estimate of drug-likeness (QED) is 0.825. The minimum Gasteiger partial charge on any atom is -0.315 e. The maximum Gasteiger partial charge on any atom is 0.247 e. The first-order valence-electron chi connectivity index (χ1n) is 5.77. The van der Waals surface area contributed by atoms with Crippen LogP contribution in [-0.4, -0.2) is 36.7 Å². The lowest BCUT2D eigenvalue weighted by Crippen LogP contribution is -2.39. The molecule has 1 aromatic heterocycles. The van der Waals surface area contributed by atoms with Gasteiger partial charge in [0, 0.05) is 17.9 Å². The molecular weight excluding hydrogens is 274 g/mol. The van der Waals surface area contributed by atoms with Crippen LogP contribution >= 0.6 is 12.4 Å². The Balaban J connectivity index is 0.00000162. The first kappa shape index (κ1) is 15.3. The third kappa shape index (κ3) is 3.18. The highest BCUT2D eigenvalue weighted by Gasteiger charge is 2.31. The number of aromatic nitrogens is 2. The lowest BCUT2D eigenvalue weighted by atomic mass is 10.2. The first-order valence-corrected chi connectivity index (χ1v) is 7.31. The monoisotopic (exact) mass is 291 g/mol. The topological polar surface area (TPSA) is 72.0 Å². The van der Waals surface area contributed by atoms with E-state index in [0.717, 1.165) is 13.0 Å². The van der Waals surface area contributed by atoms with Crippen molar-refractivity contribution < 1.29 is 8.42 Å². The molecule has 1 saturated heterocycles. The summed E-state index contributed by atoms with van der Waals surface area (Å²) in [5, 5.41) is 2.69. The Morgan fingerprint density at radius 3 is 2.39 bits per heavy atom. The molecule has 1 aliphatic rings. The number of nitrogens with one attached hydrogen (secondary N) is 1. The predicted octanol–water partition coefficient (Wildman–Crippen LogP) is 1.04. The smallest absolute Gasteiger partial charge is 0.247 e. The van der Waals surface area contributed by atoms with Crippen LogP contribution < -0.4 is 5.32 Å². The summed E-state index contributed by atoms with van der Waals surface area (Å²) in [6.45, 7) is 4.96. The summed E-state index contributed by atoms with van der Waals surface area (Å²) < 4.78 is 24.7. The zero-order valence-electron chi connectivity index (χ0n) is 10.5. The van der Waals surface area contributed by atoms with Crippen molar-refractivity contribution in [2.24, 2.45) is 0 Å². The molecule has 1 N–H and O–H groups in total. The molecule has 1 unspecified atom stereocenters. The summed E-state index contributed by atoms with van der Waals surface area (Å²) in [4.78, 5) is 8.11. The first-order chi connectivity index (χ1) is 8.00. The Kier molecular flexibility index (Phi) is 5.07. The van der Waals surface area contributed by atoms with E-state index in [0.29, 0.717) is 24.4 Å². The van der Waals surface area contributed by atoms with E-state index >= 15 is 0 Å². The molecule has 0 aliphatic carbocycles. The predicted molar refractivity (Wildman–Crippen MR) is 71.8 cm³/mol. The van der Waals surface area contributed by atoms with Crippen molar-refractivity contribution in [1.82, 2.24) is 15.3 Å². The largest absolute Gasteiger partial charge is 0.315 e. The molecule has 0 bridgehead atoms. The molecule has 0 radical (unpaired) electrons. The van der Waals surface area contributed by atoms with E-state index in [4.69, 9.17) is 0 Å². The summed E-state index contributed by atoms with van der Waals surface area (Å²) in [5.41, 5.74) is 1.39. The molecule has 18 heavy (non-hydrogen) atoms. The third-order valence-electron chi connectivity index (χ3n) is 2.91. The van der Waals surface area contributed by atoms with Crippen molar-refractivity contribution in [3.8, 4) is 0 Å². The van der Waals surface area contributed by atoms with E-state index < -0.39 is 15.1 Å². The highest BCUT2D eigenvalue weighted by molar-refractivity contribution is 7.91. The number of aryl methyl sites for hydroxylation is 2. The Hall–Kier alpha value is -0.720. The van der Waals surface area contributed by atoms with Crippen molar-refractivity contribution in [3.05, 3.63) is 17.5 Å². The van der Waals surface area contributed by atoms with Crippen molar-refractivity contribution >= 4 is 22.2 Å². The molecule has 1 atom stereocenters. The van der Waals surface area contributed by atoms with Gasteiger partial charge in [-0.2, -0.15) is 0 Å². The van der Waals surface area contributed by atoms with Crippen LogP contribution in [0.1, 0.15) is 24.2 Å². The van der Waals surface area contributed by atoms with E-state index in [-0.39, 0.29) is 17.6 Å². The molecule has 102 valence electrons. The van der Waals surface area contributed by atoms with Gasteiger partial charge in [0.25, 0.3) is 0 Å². The average molecular weight is 292 g/mol. The fourth-order valence-corrected chi connectivity index (χ4v) is 3.71. The molecule has 0 spiro atoms. The van der Waals surface area contributed by atoms with Gasteiger partial charge in [-0.25, -0.2) is 18.4 Å². The lowest BCUT2D eigenvalue weighted by Gasteiger charge is -2.22. The Labute approximate surface area is 114 Å². The van der Waals surface area contributed by atoms with Crippen molar-refractivity contribution in [3.63, 3.8) is 0 Å². The third-order valence-corrected chi connectivity index (χ3v) is 4.88. The van der Waals surface area contributed by atoms with Crippen LogP contribution in [0.25, 0.3) is 0 Å². The van der Waals surface area contributed by atoms with Gasteiger partial charge in [0.1, 0.15) is 0 Å². The van der Waals surface area contributed by atoms with Crippen molar-refractivity contribution in [1.29, 1.82) is 0 Å². The van der Waals surface area contributed by atoms with Crippen LogP contribution in [-0.2, 0) is 9.84 Å². The summed E-state index contributed by atoms with van der Waals surface area (Å²) in [7, 11) is -3.39. The van der Waals surface area contributed by atoms with E-state index in [1.54, 1.807) is 19.9 Å². The SMILES string of the molecule is Cc1cc(C)nc(S(=O)(=O)C2CCCNC2)n1.Cl. The number of rotatable bonds is 2. The second kappa shape index (κ2) is 5.95. The van der Waals surface area contributed by atoms with E-state index in [1.165, 1.54) is 0 Å². The molecule has 0 aromatic carbocycles. The van der Waals surface area contributed by atoms with Crippen molar-refractivity contribution in [2.45, 2.75) is 37.1 Å². The van der Waals surface area contributed by atoms with Gasteiger partial charge in [-0.3, -0.25) is 0 Å². The second-order valence-corrected chi connectivity index (χ2v) is 6.57. The van der Waals surface area contributed by atoms with Crippen LogP contribution in [0.15, 0.2) is 11.2 Å². The van der Waals surface area contributed by atoms with Crippen molar-refractivity contribution in [2.75, 3.05) is 13.1 Å². The van der Waals surface area contributed by atoms with Gasteiger partial charge in [-0.05, 0) is 39.3 Å². The summed E-state index contributed by atoms with van der Waals surface area (Å²) in [6, 6.07) is 1.78. The van der Waals surface area contributed by atoms with Gasteiger partial charge in [0.15, 0.2) is 0 Å². The van der Waals surface area contributed by atoms with Gasteiger partial charge >= 0.3 is 0 Å². The molecule has 0 amide bonds. The maximum atomic E-state index is 12.3. The Morgan fingerprint density at radius 2 is 1.89 bits per heavy atom. The highest BCUT2D eigenvalue weighted by atomic mass is 35.5. The molecule has 5 nitrogen and oxygen atoms in total. The van der Waals surface area contributed by atoms with E-state index in [1.807, 2.05) is 0 Å². The average Bonchev–Trinajstić information content (AvgIpc) is 2.29. The summed E-state index contributed by atoms with van der Waals surface area (Å²) >= 11 is 0. The fourth-order valence-electron chi connectivity index (χ4n) is 2.05. The molecule has 2 heterocycles. The molecular formula is C11H18ClN3O2S. The van der Waals surface area contributed by atoms with Crippen LogP contribution in [0.2, 0.25) is 0 Å². The number of nitrogens with zero attached hydrogens (tertiary/aromatic N) is 2. The minimum atomic E-state index is -3.39. The van der Waals surface area contributed by atoms with Gasteiger partial charge in [0.05, 0.1) is 5.25 Å². The number of halogens is 1. The zero-order chi connectivity index (χ0) is 12.5. The number of hydrogen-bond donors (Lipinski definition) is 1. The molecule has 2 rings (SSSR count). The normalized spacial score (nSPS) is 20.2. The standard InChI is InChI=1S/C11H17N3O2S.ClH/c1-8-6-9(2)14-11(13-8)17(15,16)10-4-3-5-12-7-10;/h6,10,12H,3-5,7H2,1-2H3;1H. The molecule has 7 heteroatoms. The molecule has 1 fully saturated rings. The fraction of sp³-hybridized carbons (Fsp3) is 0.636. The Bertz CT molecular complexity index is 493. The Morgan fingerprint density at radius 1 is 1.28 bits per heavy atom. The minimum absolute atomic E-state index is 0. The van der Waals surface area contributed by atoms with Crippen LogP contribution in [0.3, 0.4) is 0 Å². The number of sulfone groups is 1. The zero-order valence-corrected chi connectivity index (χ0v) is 12.1. The molecule has 1 aliphatic heterocycles. The van der Waals surface area contributed by atoms with E-state index in [9.17, 15) is 8.42 Å². The lowest BCUT2D eigenvalue weighted by molar-refractivity contribution is 0.492. The molecule has 0 saturated carbocycles. The van der Waals surface area contributed by atoms with Gasteiger partial charge in [-0.1, -0.05) is 0 Å². The van der Waals surface area contributed by atoms with Gasteiger partial charge < -0.3 is 5.32 Å². The second-order valence-electron chi connectivity index (χ2n) is 4.45. The number of piperidine rings is 1. The highest BCUT2D eigenvalue weighted by Crippen LogP contribution is 2.18. The van der Waals surface area contributed by atoms with Gasteiger partial charge in [-0.15, -0.1) is 12.4 Å². The van der Waals surface area contributed by atoms with Gasteiger partial charge in [0.2, 0.25) is 15.0 Å². The van der Waals surface area contributed by atoms with Crippen LogP contribution in [0, 0.1) is 13.8 Å². The van der Waals surface area contributed by atoms with E-state index in [2.05, 4.69) is 15.3 Å². The number of hydrogen-bond acceptors (Lipinski definition) is 5. The van der Waals surface area contributed by atoms with Crippen LogP contribution in [0.5, 0.6) is 0 Å².